The summed E-state index contributed by atoms with van der Waals surface area (Å²) in [7, 11) is 0. The standard InChI is InChI=1S/C23H17FN2O3/c24-16-13-11-15(12-14-16)20-19-21(29-26(20)18-9-5-2-6-10-18)23(28)25(22(19)27)17-7-3-1-4-8-17/h1-14,19-21H/t19-,20-,21-/m0/s1. The molecule has 0 unspecified atom stereocenters. The average Bonchev–Trinajstić information content (AvgIpc) is 3.26. The highest BCUT2D eigenvalue weighted by Crippen LogP contribution is 2.47. The lowest BCUT2D eigenvalue weighted by atomic mass is 9.90. The number of para-hydroxylation sites is 2. The first-order chi connectivity index (χ1) is 14.1. The van der Waals surface area contributed by atoms with Gasteiger partial charge in [-0.25, -0.2) is 14.4 Å². The first-order valence-electron chi connectivity index (χ1n) is 9.34. The van der Waals surface area contributed by atoms with Gasteiger partial charge in [0.25, 0.3) is 5.91 Å². The van der Waals surface area contributed by atoms with Crippen LogP contribution in [0.25, 0.3) is 0 Å². The van der Waals surface area contributed by atoms with Crippen molar-refractivity contribution in [1.82, 2.24) is 0 Å². The zero-order valence-corrected chi connectivity index (χ0v) is 15.3. The van der Waals surface area contributed by atoms with Gasteiger partial charge in [-0.05, 0) is 42.0 Å². The fraction of sp³-hybridized carbons (Fsp3) is 0.130. The smallest absolute Gasteiger partial charge is 0.266 e. The first-order valence-corrected chi connectivity index (χ1v) is 9.34. The predicted molar refractivity (Wildman–Crippen MR) is 105 cm³/mol. The van der Waals surface area contributed by atoms with E-state index in [4.69, 9.17) is 4.84 Å². The maximum absolute atomic E-state index is 13.5. The molecule has 0 N–H and O–H groups in total. The molecule has 2 heterocycles. The van der Waals surface area contributed by atoms with E-state index < -0.39 is 24.0 Å². The van der Waals surface area contributed by atoms with Crippen molar-refractivity contribution >= 4 is 23.2 Å². The summed E-state index contributed by atoms with van der Waals surface area (Å²) in [5, 5.41) is 1.60. The van der Waals surface area contributed by atoms with Crippen LogP contribution < -0.4 is 9.96 Å². The van der Waals surface area contributed by atoms with Crippen LogP contribution in [0.2, 0.25) is 0 Å². The molecule has 0 bridgehead atoms. The van der Waals surface area contributed by atoms with Crippen LogP contribution in [0.5, 0.6) is 0 Å². The summed E-state index contributed by atoms with van der Waals surface area (Å²) in [6.07, 6.45) is -0.932. The normalized spacial score (nSPS) is 23.6. The number of hydroxylamine groups is 1. The van der Waals surface area contributed by atoms with E-state index in [1.165, 1.54) is 17.0 Å². The van der Waals surface area contributed by atoms with Crippen LogP contribution in [0.15, 0.2) is 84.9 Å². The van der Waals surface area contributed by atoms with Crippen LogP contribution in [0, 0.1) is 11.7 Å². The highest BCUT2D eigenvalue weighted by atomic mass is 19.1. The Morgan fingerprint density at radius 1 is 0.724 bits per heavy atom. The van der Waals surface area contributed by atoms with Gasteiger partial charge in [0.1, 0.15) is 11.7 Å². The molecule has 0 aliphatic carbocycles. The summed E-state index contributed by atoms with van der Waals surface area (Å²) in [4.78, 5) is 33.7. The number of halogens is 1. The third-order valence-corrected chi connectivity index (χ3v) is 5.35. The number of carbonyl (C=O) groups is 2. The number of hydrogen-bond acceptors (Lipinski definition) is 4. The third-order valence-electron chi connectivity index (χ3n) is 5.35. The molecule has 2 aliphatic rings. The molecule has 3 atom stereocenters. The minimum Gasteiger partial charge on any atom is -0.273 e. The zero-order chi connectivity index (χ0) is 20.0. The predicted octanol–water partition coefficient (Wildman–Crippen LogP) is 3.88. The van der Waals surface area contributed by atoms with Gasteiger partial charge in [0, 0.05) is 0 Å². The van der Waals surface area contributed by atoms with Crippen molar-refractivity contribution < 1.29 is 18.8 Å². The number of anilines is 2. The van der Waals surface area contributed by atoms with Crippen molar-refractivity contribution in [3.63, 3.8) is 0 Å². The van der Waals surface area contributed by atoms with Crippen LogP contribution in [0.1, 0.15) is 11.6 Å². The van der Waals surface area contributed by atoms with E-state index in [2.05, 4.69) is 0 Å². The number of imide groups is 1. The van der Waals surface area contributed by atoms with Gasteiger partial charge >= 0.3 is 0 Å². The van der Waals surface area contributed by atoms with E-state index in [9.17, 15) is 14.0 Å². The Kier molecular flexibility index (Phi) is 4.14. The van der Waals surface area contributed by atoms with Gasteiger partial charge in [-0.2, -0.15) is 0 Å². The molecule has 5 rings (SSSR count). The van der Waals surface area contributed by atoms with Crippen molar-refractivity contribution in [2.45, 2.75) is 12.1 Å². The van der Waals surface area contributed by atoms with Gasteiger partial charge in [-0.3, -0.25) is 14.4 Å². The minimum absolute atomic E-state index is 0.320. The molecule has 0 spiro atoms. The lowest BCUT2D eigenvalue weighted by Gasteiger charge is -2.28. The molecule has 5 nitrogen and oxygen atoms in total. The summed E-state index contributed by atoms with van der Waals surface area (Å²) >= 11 is 0. The summed E-state index contributed by atoms with van der Waals surface area (Å²) in [5.74, 6) is -1.81. The molecule has 2 fully saturated rings. The van der Waals surface area contributed by atoms with Crippen molar-refractivity contribution in [3.8, 4) is 0 Å². The first kappa shape index (κ1) is 17.6. The second-order valence-electron chi connectivity index (χ2n) is 7.06. The molecule has 29 heavy (non-hydrogen) atoms. The lowest BCUT2D eigenvalue weighted by Crippen LogP contribution is -2.37. The molecule has 3 aromatic carbocycles. The second-order valence-corrected chi connectivity index (χ2v) is 7.06. The Balaban J connectivity index is 1.59. The van der Waals surface area contributed by atoms with E-state index in [0.717, 1.165) is 5.69 Å². The van der Waals surface area contributed by atoms with Crippen molar-refractivity contribution in [3.05, 3.63) is 96.3 Å². The minimum atomic E-state index is -0.932. The second kappa shape index (κ2) is 6.83. The lowest BCUT2D eigenvalue weighted by molar-refractivity contribution is -0.126. The molecular formula is C23H17FN2O3. The van der Waals surface area contributed by atoms with Gasteiger partial charge in [-0.15, -0.1) is 0 Å². The Morgan fingerprint density at radius 2 is 1.31 bits per heavy atom. The number of rotatable bonds is 3. The molecule has 2 aliphatic heterocycles. The Labute approximate surface area is 166 Å². The monoisotopic (exact) mass is 388 g/mol. The van der Waals surface area contributed by atoms with Gasteiger partial charge in [0.15, 0.2) is 6.10 Å². The number of nitrogens with zero attached hydrogens (tertiary/aromatic N) is 2. The highest BCUT2D eigenvalue weighted by molar-refractivity contribution is 6.23. The van der Waals surface area contributed by atoms with Gasteiger partial charge in [0.05, 0.1) is 17.4 Å². The SMILES string of the molecule is O=C1[C@@H]2[C@H](ON(c3ccccc3)[C@H]2c2ccc(F)cc2)C(=O)N1c1ccccc1. The summed E-state index contributed by atoms with van der Waals surface area (Å²) < 4.78 is 13.5. The highest BCUT2D eigenvalue weighted by Gasteiger charge is 2.60. The van der Waals surface area contributed by atoms with Crippen LogP contribution in [-0.4, -0.2) is 17.9 Å². The van der Waals surface area contributed by atoms with Crippen molar-refractivity contribution in [1.29, 1.82) is 0 Å². The van der Waals surface area contributed by atoms with Crippen molar-refractivity contribution in [2.75, 3.05) is 9.96 Å². The van der Waals surface area contributed by atoms with Gasteiger partial charge in [-0.1, -0.05) is 48.5 Å². The Hall–Kier alpha value is -3.51. The number of fused-ring (bicyclic) bond motifs is 1. The topological polar surface area (TPSA) is 49.9 Å². The van der Waals surface area contributed by atoms with E-state index in [1.807, 2.05) is 36.4 Å². The molecule has 0 radical (unpaired) electrons. The molecule has 3 aromatic rings. The van der Waals surface area contributed by atoms with Crippen LogP contribution in [-0.2, 0) is 14.4 Å². The Bertz CT molecular complexity index is 1060. The van der Waals surface area contributed by atoms with Crippen LogP contribution in [0.3, 0.4) is 0 Å². The zero-order valence-electron chi connectivity index (χ0n) is 15.3. The van der Waals surface area contributed by atoms with E-state index >= 15 is 0 Å². The van der Waals surface area contributed by atoms with Gasteiger partial charge < -0.3 is 0 Å². The number of amides is 2. The molecule has 6 heteroatoms. The average molecular weight is 388 g/mol. The molecule has 0 saturated carbocycles. The molecule has 0 aromatic heterocycles. The summed E-state index contributed by atoms with van der Waals surface area (Å²) in [5.41, 5.74) is 1.95. The number of benzene rings is 3. The maximum atomic E-state index is 13.5. The fourth-order valence-electron chi connectivity index (χ4n) is 4.04. The van der Waals surface area contributed by atoms with E-state index in [1.54, 1.807) is 41.5 Å². The van der Waals surface area contributed by atoms with Crippen LogP contribution in [0.4, 0.5) is 15.8 Å². The Morgan fingerprint density at radius 3 is 1.93 bits per heavy atom. The molecule has 144 valence electrons. The molecular weight excluding hydrogens is 371 g/mol. The summed E-state index contributed by atoms with van der Waals surface area (Å²) in [6, 6.07) is 23.5. The number of hydrogen-bond donors (Lipinski definition) is 0. The largest absolute Gasteiger partial charge is 0.273 e. The quantitative estimate of drug-likeness (QED) is 0.639. The maximum Gasteiger partial charge on any atom is 0.266 e. The molecule has 2 saturated heterocycles. The molecule has 2 amide bonds. The van der Waals surface area contributed by atoms with E-state index in [0.29, 0.717) is 11.3 Å². The van der Waals surface area contributed by atoms with E-state index in [-0.39, 0.29) is 11.7 Å². The fourth-order valence-corrected chi connectivity index (χ4v) is 4.04. The van der Waals surface area contributed by atoms with Gasteiger partial charge in [0.2, 0.25) is 5.91 Å². The van der Waals surface area contributed by atoms with Crippen molar-refractivity contribution in [2.24, 2.45) is 5.92 Å². The summed E-state index contributed by atoms with van der Waals surface area (Å²) in [6.45, 7) is 0. The third kappa shape index (κ3) is 2.80. The number of carbonyl (C=O) groups excluding carboxylic acids is 2. The van der Waals surface area contributed by atoms with Crippen LogP contribution >= 0.6 is 0 Å².